The Morgan fingerprint density at radius 2 is 1.83 bits per heavy atom. The maximum atomic E-state index is 12.9. The van der Waals surface area contributed by atoms with Gasteiger partial charge in [0, 0.05) is 13.1 Å². The summed E-state index contributed by atoms with van der Waals surface area (Å²) in [6.07, 6.45) is 0.0586. The van der Waals surface area contributed by atoms with Gasteiger partial charge in [-0.2, -0.15) is 15.0 Å². The van der Waals surface area contributed by atoms with Crippen LogP contribution >= 0.6 is 0 Å². The molecule has 1 amide bonds. The van der Waals surface area contributed by atoms with Crippen LogP contribution in [0, 0.1) is 18.3 Å². The molecule has 0 saturated carbocycles. The molecular weight excluding hydrogens is 544 g/mol. The van der Waals surface area contributed by atoms with E-state index in [-0.39, 0.29) is 23.9 Å². The lowest BCUT2D eigenvalue weighted by Crippen LogP contribution is -2.49. The summed E-state index contributed by atoms with van der Waals surface area (Å²) in [5.41, 5.74) is 3.29. The van der Waals surface area contributed by atoms with Crippen molar-refractivity contribution in [3.63, 3.8) is 0 Å². The third-order valence-corrected chi connectivity index (χ3v) is 8.19. The Bertz CT molecular complexity index is 1510. The summed E-state index contributed by atoms with van der Waals surface area (Å²) >= 11 is 0. The summed E-state index contributed by atoms with van der Waals surface area (Å²) in [7, 11) is -2.89. The van der Waals surface area contributed by atoms with Gasteiger partial charge in [0.2, 0.25) is 15.9 Å². The molecule has 0 radical (unpaired) electrons. The Morgan fingerprint density at radius 3 is 2.49 bits per heavy atom. The highest BCUT2D eigenvalue weighted by Crippen LogP contribution is 2.36. The van der Waals surface area contributed by atoms with Crippen molar-refractivity contribution in [3.05, 3.63) is 101 Å². The fourth-order valence-corrected chi connectivity index (χ4v) is 5.93. The molecule has 1 aliphatic heterocycles. The second-order valence-electron chi connectivity index (χ2n) is 9.80. The zero-order chi connectivity index (χ0) is 29.4. The van der Waals surface area contributed by atoms with Gasteiger partial charge in [-0.25, -0.2) is 8.42 Å². The smallest absolute Gasteiger partial charge is 0.325 e. The summed E-state index contributed by atoms with van der Waals surface area (Å²) in [6.45, 7) is 1.96. The van der Waals surface area contributed by atoms with Crippen molar-refractivity contribution in [2.24, 2.45) is 0 Å². The number of esters is 1. The van der Waals surface area contributed by atoms with Crippen molar-refractivity contribution in [2.45, 2.75) is 49.4 Å². The number of carbonyl (C=O) groups is 2. The molecule has 0 bridgehead atoms. The number of sulfonamides is 1. The van der Waals surface area contributed by atoms with Crippen LogP contribution in [-0.4, -0.2) is 51.2 Å². The Balaban J connectivity index is 1.41. The SMILES string of the molecule is COC(=O)[C@H](CNC(=O)C[C@@H]1C[C@H](c2ccc(C#N)cc2)N(Cc2ccccc2)O1)NS(=O)(=O)c1cccc(C)c1. The van der Waals surface area contributed by atoms with Crippen LogP contribution in [0.1, 0.15) is 41.1 Å². The number of aryl methyl sites for hydroxylation is 1. The molecule has 10 nitrogen and oxygen atoms in total. The number of methoxy groups -OCH3 is 1. The van der Waals surface area contributed by atoms with Gasteiger partial charge in [-0.1, -0.05) is 54.6 Å². The molecular formula is C30H32N4O6S. The molecule has 1 aliphatic rings. The normalized spacial score (nSPS) is 17.9. The number of hydrogen-bond acceptors (Lipinski definition) is 8. The third-order valence-electron chi connectivity index (χ3n) is 6.72. The Kier molecular flexibility index (Phi) is 9.86. The molecule has 214 valence electrons. The highest BCUT2D eigenvalue weighted by atomic mass is 32.2. The first-order chi connectivity index (χ1) is 19.7. The van der Waals surface area contributed by atoms with Gasteiger partial charge < -0.3 is 10.1 Å². The van der Waals surface area contributed by atoms with Gasteiger partial charge >= 0.3 is 5.97 Å². The molecule has 0 unspecified atom stereocenters. The summed E-state index contributed by atoms with van der Waals surface area (Å²) in [5, 5.41) is 13.6. The molecule has 11 heteroatoms. The fourth-order valence-electron chi connectivity index (χ4n) is 4.64. The Labute approximate surface area is 239 Å². The van der Waals surface area contributed by atoms with E-state index in [1.54, 1.807) is 31.2 Å². The van der Waals surface area contributed by atoms with E-state index >= 15 is 0 Å². The van der Waals surface area contributed by atoms with E-state index in [1.807, 2.05) is 47.5 Å². The predicted octanol–water partition coefficient (Wildman–Crippen LogP) is 3.14. The summed E-state index contributed by atoms with van der Waals surface area (Å²) in [5.74, 6) is -1.23. The predicted molar refractivity (Wildman–Crippen MR) is 150 cm³/mol. The number of benzene rings is 3. The summed E-state index contributed by atoms with van der Waals surface area (Å²) in [6, 6.07) is 24.0. The summed E-state index contributed by atoms with van der Waals surface area (Å²) in [4.78, 5) is 31.5. The van der Waals surface area contributed by atoms with Crippen molar-refractivity contribution in [3.8, 4) is 6.07 Å². The standard InChI is InChI=1S/C30H32N4O6S/c1-21-7-6-10-26(15-21)41(37,38)33-27(30(36)39-2)19-32-29(35)17-25-16-28(24-13-11-22(18-31)12-14-24)34(40-25)20-23-8-4-3-5-9-23/h3-15,25,27-28,33H,16-17,19-20H2,1-2H3,(H,32,35)/t25-,27-,28+/m0/s1. The molecule has 1 heterocycles. The van der Waals surface area contributed by atoms with Crippen LogP contribution in [0.15, 0.2) is 83.8 Å². The number of ether oxygens (including phenoxy) is 1. The number of hydrogen-bond donors (Lipinski definition) is 2. The zero-order valence-electron chi connectivity index (χ0n) is 22.8. The minimum absolute atomic E-state index is 0.00338. The number of rotatable bonds is 11. The number of nitriles is 1. The van der Waals surface area contributed by atoms with E-state index in [4.69, 9.17) is 14.8 Å². The van der Waals surface area contributed by atoms with E-state index < -0.39 is 34.0 Å². The molecule has 0 aromatic heterocycles. The zero-order valence-corrected chi connectivity index (χ0v) is 23.6. The lowest BCUT2D eigenvalue weighted by molar-refractivity contribution is -0.174. The van der Waals surface area contributed by atoms with Gasteiger partial charge in [-0.05, 0) is 54.3 Å². The molecule has 3 aromatic rings. The molecule has 3 aromatic carbocycles. The largest absolute Gasteiger partial charge is 0.468 e. The van der Waals surface area contributed by atoms with Crippen molar-refractivity contribution >= 4 is 21.9 Å². The first-order valence-electron chi connectivity index (χ1n) is 13.1. The molecule has 0 aliphatic carbocycles. The molecule has 0 spiro atoms. The summed E-state index contributed by atoms with van der Waals surface area (Å²) < 4.78 is 32.8. The van der Waals surface area contributed by atoms with Crippen LogP contribution in [0.4, 0.5) is 0 Å². The lowest BCUT2D eigenvalue weighted by Gasteiger charge is -2.23. The van der Waals surface area contributed by atoms with Crippen LogP contribution in [-0.2, 0) is 35.7 Å². The van der Waals surface area contributed by atoms with E-state index in [9.17, 15) is 18.0 Å². The number of amides is 1. The van der Waals surface area contributed by atoms with E-state index in [0.29, 0.717) is 18.5 Å². The van der Waals surface area contributed by atoms with Crippen LogP contribution in [0.5, 0.6) is 0 Å². The van der Waals surface area contributed by atoms with Crippen LogP contribution in [0.3, 0.4) is 0 Å². The fraction of sp³-hybridized carbons (Fsp3) is 0.300. The quantitative estimate of drug-likeness (QED) is 0.332. The highest BCUT2D eigenvalue weighted by Gasteiger charge is 2.36. The maximum absolute atomic E-state index is 12.9. The topological polar surface area (TPSA) is 138 Å². The average molecular weight is 577 g/mol. The molecule has 3 atom stereocenters. The minimum Gasteiger partial charge on any atom is -0.468 e. The van der Waals surface area contributed by atoms with Gasteiger partial charge in [0.1, 0.15) is 6.04 Å². The van der Waals surface area contributed by atoms with Crippen molar-refractivity contribution < 1.29 is 27.6 Å². The Hall–Kier alpha value is -4.08. The minimum atomic E-state index is -4.04. The molecule has 1 fully saturated rings. The molecule has 2 N–H and O–H groups in total. The Morgan fingerprint density at radius 1 is 1.10 bits per heavy atom. The monoisotopic (exact) mass is 576 g/mol. The van der Waals surface area contributed by atoms with E-state index in [1.165, 1.54) is 12.1 Å². The van der Waals surface area contributed by atoms with Crippen molar-refractivity contribution in [1.29, 1.82) is 5.26 Å². The number of carbonyl (C=O) groups excluding carboxylic acids is 2. The van der Waals surface area contributed by atoms with Crippen molar-refractivity contribution in [2.75, 3.05) is 13.7 Å². The molecule has 1 saturated heterocycles. The van der Waals surface area contributed by atoms with Crippen LogP contribution in [0.2, 0.25) is 0 Å². The molecule has 4 rings (SSSR count). The average Bonchev–Trinajstić information content (AvgIpc) is 3.36. The first kappa shape index (κ1) is 29.9. The lowest BCUT2D eigenvalue weighted by atomic mass is 9.99. The highest BCUT2D eigenvalue weighted by molar-refractivity contribution is 7.89. The maximum Gasteiger partial charge on any atom is 0.325 e. The van der Waals surface area contributed by atoms with Gasteiger partial charge in [-0.3, -0.25) is 14.4 Å². The van der Waals surface area contributed by atoms with Crippen molar-refractivity contribution in [1.82, 2.24) is 15.1 Å². The van der Waals surface area contributed by atoms with Crippen LogP contribution < -0.4 is 10.0 Å². The number of nitrogens with one attached hydrogen (secondary N) is 2. The van der Waals surface area contributed by atoms with E-state index in [0.717, 1.165) is 23.8 Å². The van der Waals surface area contributed by atoms with Crippen LogP contribution in [0.25, 0.3) is 0 Å². The van der Waals surface area contributed by atoms with Gasteiger partial charge in [-0.15, -0.1) is 0 Å². The van der Waals surface area contributed by atoms with E-state index in [2.05, 4.69) is 16.1 Å². The second kappa shape index (κ2) is 13.5. The van der Waals surface area contributed by atoms with Gasteiger partial charge in [0.15, 0.2) is 0 Å². The third kappa shape index (κ3) is 7.99. The number of nitrogens with zero attached hydrogens (tertiary/aromatic N) is 2. The van der Waals surface area contributed by atoms with Gasteiger partial charge in [0.25, 0.3) is 0 Å². The second-order valence-corrected chi connectivity index (χ2v) is 11.5. The van der Waals surface area contributed by atoms with Gasteiger partial charge in [0.05, 0.1) is 42.2 Å². The molecule has 41 heavy (non-hydrogen) atoms. The number of hydroxylamine groups is 2. The first-order valence-corrected chi connectivity index (χ1v) is 14.6.